The van der Waals surface area contributed by atoms with Gasteiger partial charge >= 0.3 is 0 Å². The number of hydrogen-bond acceptors (Lipinski definition) is 9. The predicted molar refractivity (Wildman–Crippen MR) is 123 cm³/mol. The Kier molecular flexibility index (Phi) is 16.6. The van der Waals surface area contributed by atoms with Crippen LogP contribution in [-0.4, -0.2) is 127 Å². The molecule has 2 N–H and O–H groups in total. The van der Waals surface area contributed by atoms with E-state index in [1.54, 1.807) is 11.9 Å². The summed E-state index contributed by atoms with van der Waals surface area (Å²) in [5, 5.41) is 5.66. The number of amides is 4. The number of likely N-dealkylation sites (N-methyl/N-ethyl adjacent to an activating group) is 2. The molecule has 12 heteroatoms. The van der Waals surface area contributed by atoms with Crippen LogP contribution in [0.15, 0.2) is 12.2 Å². The molecule has 0 saturated carbocycles. The van der Waals surface area contributed by atoms with Gasteiger partial charge in [-0.25, -0.2) is 0 Å². The molecule has 0 spiro atoms. The van der Waals surface area contributed by atoms with Gasteiger partial charge < -0.3 is 34.5 Å². The van der Waals surface area contributed by atoms with Crippen molar-refractivity contribution in [3.63, 3.8) is 0 Å². The molecule has 1 heterocycles. The van der Waals surface area contributed by atoms with Gasteiger partial charge in [0.25, 0.3) is 11.8 Å². The molecule has 0 aliphatic carbocycles. The average Bonchev–Trinajstić information content (AvgIpc) is 3.15. The van der Waals surface area contributed by atoms with E-state index in [9.17, 15) is 19.2 Å². The van der Waals surface area contributed by atoms with Crippen LogP contribution >= 0.6 is 0 Å². The van der Waals surface area contributed by atoms with E-state index in [2.05, 4.69) is 10.6 Å². The molecule has 0 bridgehead atoms. The minimum atomic E-state index is -0.396. The lowest BCUT2D eigenvalue weighted by Crippen LogP contribution is -2.35. The van der Waals surface area contributed by atoms with Crippen molar-refractivity contribution in [1.29, 1.82) is 0 Å². The summed E-state index contributed by atoms with van der Waals surface area (Å²) in [6.45, 7) is 5.04. The first kappa shape index (κ1) is 29.7. The second-order valence-corrected chi connectivity index (χ2v) is 7.38. The topological polar surface area (TPSA) is 136 Å². The van der Waals surface area contributed by atoms with Gasteiger partial charge in [0.15, 0.2) is 0 Å². The molecule has 0 aromatic carbocycles. The van der Waals surface area contributed by atoms with Crippen molar-refractivity contribution < 1.29 is 38.1 Å². The molecule has 1 aliphatic rings. The van der Waals surface area contributed by atoms with Crippen molar-refractivity contribution in [2.45, 2.75) is 12.8 Å². The number of ether oxygens (including phenoxy) is 4. The highest BCUT2D eigenvalue weighted by molar-refractivity contribution is 6.13. The fourth-order valence-corrected chi connectivity index (χ4v) is 2.73. The average molecular weight is 487 g/mol. The second-order valence-electron chi connectivity index (χ2n) is 7.38. The molecule has 0 aromatic heterocycles. The molecule has 1 aliphatic heterocycles. The van der Waals surface area contributed by atoms with Crippen molar-refractivity contribution in [1.82, 2.24) is 20.4 Å². The maximum absolute atomic E-state index is 11.8. The summed E-state index contributed by atoms with van der Waals surface area (Å²) in [7, 11) is 3.62. The van der Waals surface area contributed by atoms with E-state index in [1.165, 1.54) is 12.2 Å². The highest BCUT2D eigenvalue weighted by Gasteiger charge is 2.23. The van der Waals surface area contributed by atoms with Crippen LogP contribution in [0.2, 0.25) is 0 Å². The minimum absolute atomic E-state index is 0.0553. The summed E-state index contributed by atoms with van der Waals surface area (Å²) in [5.41, 5.74) is 0. The van der Waals surface area contributed by atoms with Gasteiger partial charge in [0, 0.05) is 51.8 Å². The SMILES string of the molecule is CNCCN(C)C(=O)CCOCCOCCOCCOCCNC(=O)CCN1C(=O)C=CC1=O. The standard InChI is InChI=1S/C22H38N4O8/c1-23-7-10-25(2)20(28)6-11-31-13-15-33-17-18-34-16-14-32-12-8-24-19(27)5-9-26-21(29)3-4-22(26)30/h3-4,23H,5-18H2,1-2H3,(H,24,27). The van der Waals surface area contributed by atoms with Crippen molar-refractivity contribution in [2.75, 3.05) is 93.1 Å². The Labute approximate surface area is 200 Å². The number of hydrogen-bond donors (Lipinski definition) is 2. The molecule has 194 valence electrons. The zero-order valence-electron chi connectivity index (χ0n) is 20.2. The van der Waals surface area contributed by atoms with E-state index in [-0.39, 0.29) is 24.8 Å². The monoisotopic (exact) mass is 486 g/mol. The Bertz CT molecular complexity index is 641. The lowest BCUT2D eigenvalue weighted by molar-refractivity contribution is -0.137. The molecule has 1 rings (SSSR count). The zero-order valence-corrected chi connectivity index (χ0v) is 20.2. The first-order valence-electron chi connectivity index (χ1n) is 11.5. The fraction of sp³-hybridized carbons (Fsp3) is 0.727. The molecule has 0 fully saturated rings. The lowest BCUT2D eigenvalue weighted by atomic mass is 10.3. The smallest absolute Gasteiger partial charge is 0.253 e. The normalized spacial score (nSPS) is 13.1. The number of nitrogens with one attached hydrogen (secondary N) is 2. The zero-order chi connectivity index (χ0) is 25.0. The van der Waals surface area contributed by atoms with Crippen molar-refractivity contribution >= 4 is 23.6 Å². The predicted octanol–water partition coefficient (Wildman–Crippen LogP) is -1.45. The largest absolute Gasteiger partial charge is 0.379 e. The van der Waals surface area contributed by atoms with Crippen LogP contribution in [0.3, 0.4) is 0 Å². The maximum atomic E-state index is 11.8. The van der Waals surface area contributed by atoms with Gasteiger partial charge in [0.2, 0.25) is 11.8 Å². The number of rotatable bonds is 21. The quantitative estimate of drug-likeness (QED) is 0.148. The van der Waals surface area contributed by atoms with Gasteiger partial charge in [-0.1, -0.05) is 0 Å². The molecule has 0 saturated heterocycles. The summed E-state index contributed by atoms with van der Waals surface area (Å²) in [6, 6.07) is 0. The van der Waals surface area contributed by atoms with Gasteiger partial charge in [-0.15, -0.1) is 0 Å². The molecule has 0 radical (unpaired) electrons. The third-order valence-electron chi connectivity index (χ3n) is 4.73. The van der Waals surface area contributed by atoms with Crippen LogP contribution in [0, 0.1) is 0 Å². The number of carbonyl (C=O) groups excluding carboxylic acids is 4. The number of nitrogens with zero attached hydrogens (tertiary/aromatic N) is 2. The third kappa shape index (κ3) is 14.0. The van der Waals surface area contributed by atoms with E-state index in [0.29, 0.717) is 72.4 Å². The van der Waals surface area contributed by atoms with Crippen LogP contribution in [0.5, 0.6) is 0 Å². The molecule has 0 atom stereocenters. The van der Waals surface area contributed by atoms with Crippen molar-refractivity contribution in [2.24, 2.45) is 0 Å². The van der Waals surface area contributed by atoms with Crippen LogP contribution in [-0.2, 0) is 38.1 Å². The van der Waals surface area contributed by atoms with E-state index >= 15 is 0 Å². The Morgan fingerprint density at radius 3 is 1.91 bits per heavy atom. The highest BCUT2D eigenvalue weighted by Crippen LogP contribution is 2.03. The Morgan fingerprint density at radius 1 is 0.824 bits per heavy atom. The Morgan fingerprint density at radius 2 is 1.35 bits per heavy atom. The third-order valence-corrected chi connectivity index (χ3v) is 4.73. The molecule has 4 amide bonds. The first-order chi connectivity index (χ1) is 16.5. The van der Waals surface area contributed by atoms with E-state index in [0.717, 1.165) is 11.4 Å². The summed E-state index contributed by atoms with van der Waals surface area (Å²) < 4.78 is 21.5. The van der Waals surface area contributed by atoms with E-state index < -0.39 is 11.8 Å². The van der Waals surface area contributed by atoms with Crippen LogP contribution in [0.4, 0.5) is 0 Å². The van der Waals surface area contributed by atoms with Crippen molar-refractivity contribution in [3.05, 3.63) is 12.2 Å². The first-order valence-corrected chi connectivity index (χ1v) is 11.5. The fourth-order valence-electron chi connectivity index (χ4n) is 2.73. The summed E-state index contributed by atoms with van der Waals surface area (Å²) in [5.74, 6) is -0.989. The maximum Gasteiger partial charge on any atom is 0.253 e. The molecular formula is C22H38N4O8. The van der Waals surface area contributed by atoms with Crippen LogP contribution in [0.25, 0.3) is 0 Å². The van der Waals surface area contributed by atoms with Gasteiger partial charge in [0.1, 0.15) is 0 Å². The van der Waals surface area contributed by atoms with Gasteiger partial charge in [-0.2, -0.15) is 0 Å². The van der Waals surface area contributed by atoms with Gasteiger partial charge in [-0.05, 0) is 7.05 Å². The Hall–Kier alpha value is -2.38. The second kappa shape index (κ2) is 19.0. The summed E-state index contributed by atoms with van der Waals surface area (Å²) in [4.78, 5) is 49.0. The molecule has 0 aromatic rings. The molecule has 34 heavy (non-hydrogen) atoms. The minimum Gasteiger partial charge on any atom is -0.379 e. The summed E-state index contributed by atoms with van der Waals surface area (Å²) in [6.07, 6.45) is 2.79. The lowest BCUT2D eigenvalue weighted by Gasteiger charge is -2.16. The highest BCUT2D eigenvalue weighted by atomic mass is 16.6. The Balaban J connectivity index is 1.80. The van der Waals surface area contributed by atoms with Gasteiger partial charge in [0.05, 0.1) is 59.3 Å². The number of carbonyl (C=O) groups is 4. The molecule has 0 unspecified atom stereocenters. The van der Waals surface area contributed by atoms with Crippen molar-refractivity contribution in [3.8, 4) is 0 Å². The van der Waals surface area contributed by atoms with E-state index in [4.69, 9.17) is 18.9 Å². The molecule has 12 nitrogen and oxygen atoms in total. The molecular weight excluding hydrogens is 448 g/mol. The van der Waals surface area contributed by atoms with E-state index in [1.807, 2.05) is 7.05 Å². The number of imide groups is 1. The van der Waals surface area contributed by atoms with Crippen LogP contribution in [0.1, 0.15) is 12.8 Å². The van der Waals surface area contributed by atoms with Crippen LogP contribution < -0.4 is 10.6 Å². The van der Waals surface area contributed by atoms with Gasteiger partial charge in [-0.3, -0.25) is 24.1 Å². The summed E-state index contributed by atoms with van der Waals surface area (Å²) >= 11 is 0.